The van der Waals surface area contributed by atoms with Crippen molar-refractivity contribution in [2.75, 3.05) is 11.5 Å². The summed E-state index contributed by atoms with van der Waals surface area (Å²) in [6, 6.07) is 6.76. The normalized spacial score (nSPS) is 19.8. The first-order valence-corrected chi connectivity index (χ1v) is 7.40. The Labute approximate surface area is 108 Å². The van der Waals surface area contributed by atoms with E-state index in [1.165, 1.54) is 11.1 Å². The molecule has 0 radical (unpaired) electrons. The quantitative estimate of drug-likeness (QED) is 0.817. The zero-order chi connectivity index (χ0) is 12.3. The van der Waals surface area contributed by atoms with Crippen molar-refractivity contribution in [2.45, 2.75) is 38.8 Å². The number of hydrogen-bond acceptors (Lipinski definition) is 3. The summed E-state index contributed by atoms with van der Waals surface area (Å²) in [7, 11) is 0. The van der Waals surface area contributed by atoms with E-state index in [1.54, 1.807) is 0 Å². The van der Waals surface area contributed by atoms with Crippen molar-refractivity contribution < 1.29 is 4.74 Å². The summed E-state index contributed by atoms with van der Waals surface area (Å²) < 4.78 is 5.92. The molecule has 0 amide bonds. The second kappa shape index (κ2) is 5.78. The van der Waals surface area contributed by atoms with Crippen molar-refractivity contribution in [2.24, 2.45) is 5.73 Å². The molecule has 2 unspecified atom stereocenters. The highest BCUT2D eigenvalue weighted by Gasteiger charge is 2.22. The average Bonchev–Trinajstić information content (AvgIpc) is 2.66. The van der Waals surface area contributed by atoms with Gasteiger partial charge in [0.2, 0.25) is 0 Å². The predicted molar refractivity (Wildman–Crippen MR) is 74.9 cm³/mol. The van der Waals surface area contributed by atoms with Gasteiger partial charge in [-0.15, -0.1) is 0 Å². The molecule has 2 rings (SSSR count). The third-order valence-electron chi connectivity index (χ3n) is 2.98. The van der Waals surface area contributed by atoms with Crippen molar-refractivity contribution in [3.8, 4) is 5.75 Å². The van der Waals surface area contributed by atoms with Crippen LogP contribution in [0.25, 0.3) is 0 Å². The number of thioether (sulfide) groups is 1. The van der Waals surface area contributed by atoms with Gasteiger partial charge >= 0.3 is 0 Å². The largest absolute Gasteiger partial charge is 0.489 e. The number of nitrogens with two attached hydrogens (primary N) is 1. The van der Waals surface area contributed by atoms with Crippen LogP contribution in [0.15, 0.2) is 18.2 Å². The van der Waals surface area contributed by atoms with Gasteiger partial charge in [-0.3, -0.25) is 0 Å². The molecule has 17 heavy (non-hydrogen) atoms. The molecule has 2 N–H and O–H groups in total. The zero-order valence-electron chi connectivity index (χ0n) is 10.6. The average molecular weight is 251 g/mol. The molecule has 3 heteroatoms. The van der Waals surface area contributed by atoms with Crippen LogP contribution in [0.4, 0.5) is 0 Å². The van der Waals surface area contributed by atoms with Gasteiger partial charge in [0.1, 0.15) is 11.9 Å². The molecule has 2 nitrogen and oxygen atoms in total. The Morgan fingerprint density at radius 1 is 1.53 bits per heavy atom. The van der Waals surface area contributed by atoms with Gasteiger partial charge in [0.25, 0.3) is 0 Å². The number of rotatable bonds is 5. The maximum Gasteiger partial charge on any atom is 0.123 e. The number of hydrogen-bond donors (Lipinski definition) is 1. The van der Waals surface area contributed by atoms with Crippen LogP contribution in [-0.4, -0.2) is 23.7 Å². The van der Waals surface area contributed by atoms with Crippen LogP contribution in [-0.2, 0) is 6.42 Å². The number of fused-ring (bicyclic) bond motifs is 1. The summed E-state index contributed by atoms with van der Waals surface area (Å²) in [5.41, 5.74) is 8.41. The highest BCUT2D eigenvalue weighted by atomic mass is 32.2. The number of benzene rings is 1. The molecule has 2 atom stereocenters. The lowest BCUT2D eigenvalue weighted by atomic mass is 10.1. The fourth-order valence-electron chi connectivity index (χ4n) is 2.03. The lowest BCUT2D eigenvalue weighted by Gasteiger charge is -2.10. The van der Waals surface area contributed by atoms with E-state index in [0.29, 0.717) is 12.1 Å². The van der Waals surface area contributed by atoms with Crippen molar-refractivity contribution in [1.29, 1.82) is 0 Å². The Hall–Kier alpha value is -0.670. The van der Waals surface area contributed by atoms with Gasteiger partial charge in [-0.25, -0.2) is 0 Å². The molecule has 1 aliphatic rings. The smallest absolute Gasteiger partial charge is 0.123 e. The van der Waals surface area contributed by atoms with E-state index in [1.807, 2.05) is 11.8 Å². The predicted octanol–water partition coefficient (Wildman–Crippen LogP) is 2.77. The Morgan fingerprint density at radius 2 is 2.35 bits per heavy atom. The second-order valence-electron chi connectivity index (χ2n) is 4.90. The summed E-state index contributed by atoms with van der Waals surface area (Å²) >= 11 is 1.95. The molecule has 1 aromatic carbocycles. The van der Waals surface area contributed by atoms with Gasteiger partial charge in [0, 0.05) is 18.2 Å². The Kier molecular flexibility index (Phi) is 4.35. The van der Waals surface area contributed by atoms with Gasteiger partial charge in [-0.1, -0.05) is 17.7 Å². The maximum absolute atomic E-state index is 5.92. The minimum absolute atomic E-state index is 0.312. The lowest BCUT2D eigenvalue weighted by molar-refractivity contribution is 0.259. The van der Waals surface area contributed by atoms with E-state index in [4.69, 9.17) is 10.5 Å². The Balaban J connectivity index is 1.76. The lowest BCUT2D eigenvalue weighted by Crippen LogP contribution is -2.18. The van der Waals surface area contributed by atoms with Crippen LogP contribution in [0.5, 0.6) is 5.75 Å². The van der Waals surface area contributed by atoms with Gasteiger partial charge in [-0.2, -0.15) is 11.8 Å². The molecular formula is C14H21NOS. The Morgan fingerprint density at radius 3 is 3.12 bits per heavy atom. The summed E-state index contributed by atoms with van der Waals surface area (Å²) in [5.74, 6) is 3.28. The van der Waals surface area contributed by atoms with E-state index in [-0.39, 0.29) is 0 Å². The van der Waals surface area contributed by atoms with Crippen LogP contribution in [0.2, 0.25) is 0 Å². The fourth-order valence-corrected chi connectivity index (χ4v) is 3.18. The highest BCUT2D eigenvalue weighted by Crippen LogP contribution is 2.30. The molecule has 94 valence electrons. The summed E-state index contributed by atoms with van der Waals surface area (Å²) in [5, 5.41) is 0. The molecule has 0 aliphatic carbocycles. The van der Waals surface area contributed by atoms with Crippen LogP contribution in [0, 0.1) is 6.92 Å². The topological polar surface area (TPSA) is 35.2 Å². The second-order valence-corrected chi connectivity index (χ2v) is 6.05. The van der Waals surface area contributed by atoms with Gasteiger partial charge in [0.05, 0.1) is 0 Å². The molecule has 0 bridgehead atoms. The Bertz CT molecular complexity index is 378. The molecular weight excluding hydrogens is 230 g/mol. The van der Waals surface area contributed by atoms with Gasteiger partial charge in [0.15, 0.2) is 0 Å². The summed E-state index contributed by atoms with van der Waals surface area (Å²) in [4.78, 5) is 0. The van der Waals surface area contributed by atoms with Crippen LogP contribution < -0.4 is 10.5 Å². The van der Waals surface area contributed by atoms with E-state index in [0.717, 1.165) is 30.1 Å². The third-order valence-corrected chi connectivity index (χ3v) is 4.11. The molecule has 0 saturated heterocycles. The standard InChI is InChI=1S/C14H21NOS/c1-10-3-4-14-12(7-10)8-13(16-14)9-17-6-5-11(2)15/h3-4,7,11,13H,5-6,8-9,15H2,1-2H3. The van der Waals surface area contributed by atoms with Crippen molar-refractivity contribution in [3.05, 3.63) is 29.3 Å². The van der Waals surface area contributed by atoms with Crippen molar-refractivity contribution in [1.82, 2.24) is 0 Å². The minimum atomic E-state index is 0.312. The summed E-state index contributed by atoms with van der Waals surface area (Å²) in [6.07, 6.45) is 2.50. The van der Waals surface area contributed by atoms with Crippen LogP contribution in [0.1, 0.15) is 24.5 Å². The molecule has 1 heterocycles. The molecule has 1 aliphatic heterocycles. The zero-order valence-corrected chi connectivity index (χ0v) is 11.4. The summed E-state index contributed by atoms with van der Waals surface area (Å²) in [6.45, 7) is 4.19. The first-order valence-electron chi connectivity index (χ1n) is 6.24. The molecule has 0 aromatic heterocycles. The third kappa shape index (κ3) is 3.65. The maximum atomic E-state index is 5.92. The van der Waals surface area contributed by atoms with E-state index < -0.39 is 0 Å². The first-order chi connectivity index (χ1) is 8.15. The van der Waals surface area contributed by atoms with E-state index >= 15 is 0 Å². The first kappa shape index (κ1) is 12.8. The fraction of sp³-hybridized carbons (Fsp3) is 0.571. The van der Waals surface area contributed by atoms with Gasteiger partial charge in [-0.05, 0) is 37.7 Å². The molecule has 0 spiro atoms. The molecule has 1 aromatic rings. The van der Waals surface area contributed by atoms with Gasteiger partial charge < -0.3 is 10.5 Å². The SMILES string of the molecule is Cc1ccc2c(c1)CC(CSCCC(C)N)O2. The number of aryl methyl sites for hydroxylation is 1. The van der Waals surface area contributed by atoms with Crippen molar-refractivity contribution >= 4 is 11.8 Å². The van der Waals surface area contributed by atoms with Crippen LogP contribution in [0.3, 0.4) is 0 Å². The molecule has 0 saturated carbocycles. The minimum Gasteiger partial charge on any atom is -0.489 e. The monoisotopic (exact) mass is 251 g/mol. The van der Waals surface area contributed by atoms with E-state index in [9.17, 15) is 0 Å². The highest BCUT2D eigenvalue weighted by molar-refractivity contribution is 7.99. The molecule has 0 fully saturated rings. The van der Waals surface area contributed by atoms with Crippen LogP contribution >= 0.6 is 11.8 Å². The number of ether oxygens (including phenoxy) is 1. The van der Waals surface area contributed by atoms with E-state index in [2.05, 4.69) is 32.0 Å². The van der Waals surface area contributed by atoms with Crippen molar-refractivity contribution in [3.63, 3.8) is 0 Å².